The number of rotatable bonds is 36. The Kier molecular flexibility index (Phi) is 42.9. The van der Waals surface area contributed by atoms with Gasteiger partial charge in [0, 0.05) is 75.2 Å². The molecule has 0 saturated heterocycles. The molecule has 147 heavy (non-hydrogen) atoms. The van der Waals surface area contributed by atoms with Gasteiger partial charge in [-0.05, 0) is 195 Å². The van der Waals surface area contributed by atoms with Crippen LogP contribution in [-0.2, 0) is 83.5 Å². The highest BCUT2D eigenvalue weighted by molar-refractivity contribution is 9.10. The lowest BCUT2D eigenvalue weighted by Crippen LogP contribution is -2.31. The van der Waals surface area contributed by atoms with Crippen LogP contribution in [0.2, 0.25) is 15.2 Å². The van der Waals surface area contributed by atoms with Gasteiger partial charge in [-0.1, -0.05) is 83.3 Å². The van der Waals surface area contributed by atoms with Gasteiger partial charge in [-0.15, -0.1) is 54.9 Å². The first-order valence-electron chi connectivity index (χ1n) is 43.8. The summed E-state index contributed by atoms with van der Waals surface area (Å²) in [5.41, 5.74) is 4.79. The van der Waals surface area contributed by atoms with Gasteiger partial charge in [0.15, 0.2) is 26.8 Å². The smallest absolute Gasteiger partial charge is 0.417 e. The maximum Gasteiger partial charge on any atom is 0.417 e. The van der Waals surface area contributed by atoms with E-state index < -0.39 is 120 Å². The number of likely N-dealkylation sites (N-methyl/N-ethyl adjacent to an activating group) is 4. The zero-order chi connectivity index (χ0) is 108. The molecule has 0 aliphatic rings. The fourth-order valence-electron chi connectivity index (χ4n) is 12.2. The monoisotopic (exact) mass is 2160 g/mol. The number of carbonyl (C=O) groups excluding carboxylic acids is 12. The van der Waals surface area contributed by atoms with Gasteiger partial charge < -0.3 is 80.4 Å². The Balaban J connectivity index is 0.000000218. The SMILES string of the molecule is CNCC(=O)OCc1cccnc1N(C)C(=O)OC(C)n1nc(Br)c(C(=O)Nc2ccc(C)cc2F)n1.CNCC(=O)OCc1cccnc1N(C)C(=O)OC(C)n1nc(Cl)c(C(=O)Nc2ccc(C)cc2F)n1.CNCC(=O)OCc1cccnc1N(C)C(=O)OC(C)n1nc(F)c(C(=O)Nc2ccc(C)cc2Cl)n1.CNCC(=O)OCc1cccnc1N(C)C(=O)OC(C)n1ncc(C(=O)Nc2ccc(C)cc2Cl)n1. The maximum absolute atomic E-state index is 14.4. The van der Waals surface area contributed by atoms with Crippen molar-refractivity contribution in [3.8, 4) is 0 Å². The molecule has 0 aliphatic carbocycles. The van der Waals surface area contributed by atoms with Crippen LogP contribution in [0.3, 0.4) is 0 Å². The van der Waals surface area contributed by atoms with E-state index in [1.807, 2.05) is 19.9 Å². The average molecular weight is 2160 g/mol. The molecule has 4 atom stereocenters. The van der Waals surface area contributed by atoms with Crippen LogP contribution in [0.25, 0.3) is 0 Å². The van der Waals surface area contributed by atoms with Crippen LogP contribution in [0.5, 0.6) is 0 Å². The Labute approximate surface area is 860 Å². The number of halogens is 7. The Morgan fingerprint density at radius 1 is 0.367 bits per heavy atom. The number of nitrogens with zero attached hydrogens (tertiary/aromatic N) is 20. The highest BCUT2D eigenvalue weighted by Crippen LogP contribution is 2.31. The fraction of sp³-hybridized carbons (Fsp3) is 0.304. The van der Waals surface area contributed by atoms with E-state index in [4.69, 9.17) is 72.7 Å². The molecule has 0 radical (unpaired) electrons. The van der Waals surface area contributed by atoms with Crippen LogP contribution in [0, 0.1) is 45.3 Å². The van der Waals surface area contributed by atoms with Crippen LogP contribution < -0.4 is 62.1 Å². The Hall–Kier alpha value is -16.1. The van der Waals surface area contributed by atoms with Crippen LogP contribution in [0.15, 0.2) is 157 Å². The van der Waals surface area contributed by atoms with Crippen molar-refractivity contribution >= 4 is 169 Å². The van der Waals surface area contributed by atoms with Crippen LogP contribution in [-0.4, -0.2) is 234 Å². The molecule has 0 saturated carbocycles. The second-order valence-electron chi connectivity index (χ2n) is 31.2. The highest BCUT2D eigenvalue weighted by atomic mass is 79.9. The van der Waals surface area contributed by atoms with Crippen molar-refractivity contribution in [3.05, 3.63) is 257 Å². The van der Waals surface area contributed by atoms with Crippen molar-refractivity contribution in [2.75, 3.05) is 123 Å². The normalized spacial score (nSPS) is 11.5. The van der Waals surface area contributed by atoms with E-state index in [0.29, 0.717) is 44.1 Å². The zero-order valence-electron chi connectivity index (χ0n) is 81.7. The average Bonchev–Trinajstić information content (AvgIpc) is 1.70. The van der Waals surface area contributed by atoms with Gasteiger partial charge in [0.25, 0.3) is 29.6 Å². The lowest BCUT2D eigenvalue weighted by atomic mass is 10.2. The van der Waals surface area contributed by atoms with Crippen LogP contribution >= 0.6 is 50.7 Å². The molecule has 55 heteroatoms. The van der Waals surface area contributed by atoms with Gasteiger partial charge >= 0.3 is 48.3 Å². The first-order valence-corrected chi connectivity index (χ1v) is 45.8. The highest BCUT2D eigenvalue weighted by Gasteiger charge is 2.32. The number of anilines is 8. The van der Waals surface area contributed by atoms with Crippen molar-refractivity contribution in [1.29, 1.82) is 0 Å². The number of amides is 8. The summed E-state index contributed by atoms with van der Waals surface area (Å²) in [6, 6.07) is 32.1. The summed E-state index contributed by atoms with van der Waals surface area (Å²) >= 11 is 21.5. The number of aromatic nitrogens is 16. The van der Waals surface area contributed by atoms with E-state index in [0.717, 1.165) is 45.0 Å². The lowest BCUT2D eigenvalue weighted by molar-refractivity contribution is -0.144. The van der Waals surface area contributed by atoms with Gasteiger partial charge in [-0.3, -0.25) is 58.0 Å². The second kappa shape index (κ2) is 55.1. The molecule has 0 bridgehead atoms. The first kappa shape index (κ1) is 114. The number of benzene rings is 4. The fourth-order valence-corrected chi connectivity index (χ4v) is 13.4. The van der Waals surface area contributed by atoms with Crippen molar-refractivity contribution < 1.29 is 109 Å². The number of aryl methyl sites for hydroxylation is 4. The maximum atomic E-state index is 14.4. The van der Waals surface area contributed by atoms with Crippen molar-refractivity contribution in [1.82, 2.24) is 101 Å². The zero-order valence-corrected chi connectivity index (χ0v) is 85.5. The van der Waals surface area contributed by atoms with Gasteiger partial charge in [0.2, 0.25) is 30.6 Å². The minimum Gasteiger partial charge on any atom is -0.460 e. The summed E-state index contributed by atoms with van der Waals surface area (Å²) in [7, 11) is 12.2. The molecule has 0 aliphatic heterocycles. The lowest BCUT2D eigenvalue weighted by Gasteiger charge is -2.21. The molecule has 8 N–H and O–H groups in total. The van der Waals surface area contributed by atoms with Gasteiger partial charge in [0.1, 0.15) is 61.3 Å². The van der Waals surface area contributed by atoms with Crippen LogP contribution in [0.1, 0.15) is 139 Å². The summed E-state index contributed by atoms with van der Waals surface area (Å²) in [6.45, 7) is 12.8. The third kappa shape index (κ3) is 33.2. The number of nitrogens with one attached hydrogen (secondary N) is 8. The standard InChI is InChI=1S/C23H25BrFN7O5.2C23H25ClFN7O5.C23H26ClN7O5/c2*1-13-7-8-17(16(25)10-13)28-22(34)19-20(24)30-32(29-19)14(2)37-23(35)31(4)21-15(6-5-9-27-21)12-36-18(33)11-26-3;1-13-7-8-17(16(24)10-13)28-22(34)19-20(25)30-32(29-19)14(2)37-23(35)31(4)21-15(6-5-9-27-21)12-36-18(33)11-26-3;1-14-7-8-18(17(24)10-14)28-22(33)19-11-27-31(29-19)15(2)36-23(34)30(4)21-16(6-5-9-26-21)13-35-20(32)12-25-3/h3*5-10,14,26H,11-12H2,1-4H3,(H,28,34);5-11,15,25H,12-13H2,1-4H3,(H,28,33). The number of hydrogen-bond donors (Lipinski definition) is 8. The van der Waals surface area contributed by atoms with Gasteiger partial charge in [-0.25, -0.2) is 47.9 Å². The summed E-state index contributed by atoms with van der Waals surface area (Å²) in [5.74, 6) is -6.23. The van der Waals surface area contributed by atoms with E-state index in [9.17, 15) is 70.7 Å². The van der Waals surface area contributed by atoms with Crippen LogP contribution in [0.4, 0.5) is 78.4 Å². The predicted molar refractivity (Wildman–Crippen MR) is 529 cm³/mol. The third-order valence-corrected chi connectivity index (χ3v) is 21.1. The first-order chi connectivity index (χ1) is 70.0. The molecule has 0 spiro atoms. The number of ether oxygens (including phenoxy) is 8. The van der Waals surface area contributed by atoms with E-state index >= 15 is 0 Å². The van der Waals surface area contributed by atoms with Gasteiger partial charge in [0.05, 0.1) is 65.2 Å². The Morgan fingerprint density at radius 2 is 0.660 bits per heavy atom. The quantitative estimate of drug-likeness (QED) is 0.0134. The number of hydrogen-bond acceptors (Lipinski definition) is 36. The van der Waals surface area contributed by atoms with E-state index in [2.05, 4.69) is 119 Å². The molecule has 12 aromatic rings. The van der Waals surface area contributed by atoms with E-state index in [1.54, 1.807) is 140 Å². The minimum absolute atomic E-state index is 0.0123. The third-order valence-electron chi connectivity index (χ3n) is 19.7. The van der Waals surface area contributed by atoms with E-state index in [1.165, 1.54) is 109 Å². The van der Waals surface area contributed by atoms with Crippen molar-refractivity contribution in [2.45, 2.75) is 107 Å². The molecule has 8 heterocycles. The number of esters is 4. The molecule has 8 amide bonds. The Bertz CT molecular complexity index is 6260. The minimum atomic E-state index is -1.19. The topological polar surface area (TPSA) is 562 Å². The molecule has 48 nitrogen and oxygen atoms in total. The molecule has 8 aromatic heterocycles. The Morgan fingerprint density at radius 3 is 1.01 bits per heavy atom. The molecule has 12 rings (SSSR count). The molecular weight excluding hydrogens is 2060 g/mol. The van der Waals surface area contributed by atoms with E-state index in [-0.39, 0.29) is 125 Å². The largest absolute Gasteiger partial charge is 0.460 e. The molecule has 4 aromatic carbocycles. The molecule has 778 valence electrons. The summed E-state index contributed by atoms with van der Waals surface area (Å²) < 4.78 is 84.9. The molecule has 0 fully saturated rings. The summed E-state index contributed by atoms with van der Waals surface area (Å²) in [5, 5.41) is 52.7. The predicted octanol–water partition coefficient (Wildman–Crippen LogP) is 12.3. The molecular formula is C92H101BrCl3F3N28O20. The molecule has 4 unspecified atom stereocenters. The van der Waals surface area contributed by atoms with Crippen molar-refractivity contribution in [2.24, 2.45) is 0 Å². The second-order valence-corrected chi connectivity index (χ2v) is 33.1. The van der Waals surface area contributed by atoms with Gasteiger partial charge in [-0.2, -0.15) is 9.49 Å². The summed E-state index contributed by atoms with van der Waals surface area (Å²) in [6.07, 6.45) is -0.309. The number of carbonyl (C=O) groups is 12. The van der Waals surface area contributed by atoms with Crippen molar-refractivity contribution in [3.63, 3.8) is 0 Å². The number of pyridine rings is 4. The summed E-state index contributed by atoms with van der Waals surface area (Å²) in [4.78, 5) is 173.